The number of nitrogens with zero attached hydrogens (tertiary/aromatic N) is 1. The van der Waals surface area contributed by atoms with Crippen LogP contribution in [0.3, 0.4) is 0 Å². The van der Waals surface area contributed by atoms with E-state index in [2.05, 4.69) is 19.2 Å². The van der Waals surface area contributed by atoms with Crippen molar-refractivity contribution in [3.63, 3.8) is 0 Å². The first kappa shape index (κ1) is 15.2. The van der Waals surface area contributed by atoms with Crippen molar-refractivity contribution >= 4 is 5.69 Å². The Hall–Kier alpha value is -1.17. The number of halogens is 1. The molecule has 0 bridgehead atoms. The molecule has 1 saturated heterocycles. The summed E-state index contributed by atoms with van der Waals surface area (Å²) in [7, 11) is 0. The molecular weight excluding hydrogens is 259 g/mol. The fourth-order valence-corrected chi connectivity index (χ4v) is 2.39. The van der Waals surface area contributed by atoms with Gasteiger partial charge in [0.25, 0.3) is 0 Å². The first-order valence-corrected chi connectivity index (χ1v) is 7.07. The van der Waals surface area contributed by atoms with Gasteiger partial charge in [0.2, 0.25) is 0 Å². The molecule has 2 unspecified atom stereocenters. The highest BCUT2D eigenvalue weighted by molar-refractivity contribution is 5.50. The maximum Gasteiger partial charge on any atom is 0.146 e. The average Bonchev–Trinajstić information content (AvgIpc) is 2.69. The maximum atomic E-state index is 14.1. The lowest BCUT2D eigenvalue weighted by Crippen LogP contribution is -2.23. The van der Waals surface area contributed by atoms with Gasteiger partial charge in [-0.1, -0.05) is 19.9 Å². The van der Waals surface area contributed by atoms with E-state index in [4.69, 9.17) is 0 Å². The number of aliphatic hydroxyl groups excluding tert-OH is 2. The van der Waals surface area contributed by atoms with Crippen LogP contribution in [-0.2, 0) is 6.54 Å². The molecule has 1 aromatic carbocycles. The Bertz CT molecular complexity index is 443. The van der Waals surface area contributed by atoms with E-state index in [1.165, 1.54) is 6.07 Å². The number of β-amino-alcohol motifs (C(OH)–C–C–N with tert-alkyl or cyclic N) is 2. The lowest BCUT2D eigenvalue weighted by Gasteiger charge is -2.19. The number of aliphatic hydroxyl groups is 2. The van der Waals surface area contributed by atoms with E-state index in [0.29, 0.717) is 18.2 Å². The molecule has 1 aliphatic rings. The summed E-state index contributed by atoms with van der Waals surface area (Å²) in [5.41, 5.74) is 1.33. The molecule has 1 aromatic rings. The van der Waals surface area contributed by atoms with Crippen LogP contribution in [0.4, 0.5) is 10.1 Å². The zero-order chi connectivity index (χ0) is 14.7. The summed E-state index contributed by atoms with van der Waals surface area (Å²) in [6.45, 7) is 6.32. The molecule has 0 radical (unpaired) electrons. The van der Waals surface area contributed by atoms with Gasteiger partial charge in [0.05, 0.1) is 17.9 Å². The van der Waals surface area contributed by atoms with E-state index in [1.807, 2.05) is 6.07 Å². The van der Waals surface area contributed by atoms with Crippen molar-refractivity contribution in [2.24, 2.45) is 5.92 Å². The summed E-state index contributed by atoms with van der Waals surface area (Å²) >= 11 is 0. The minimum atomic E-state index is -0.804. The van der Waals surface area contributed by atoms with Crippen LogP contribution in [-0.4, -0.2) is 42.1 Å². The largest absolute Gasteiger partial charge is 0.389 e. The molecule has 1 aliphatic heterocycles. The molecule has 0 spiro atoms. The van der Waals surface area contributed by atoms with Gasteiger partial charge in [0.15, 0.2) is 0 Å². The van der Waals surface area contributed by atoms with Gasteiger partial charge >= 0.3 is 0 Å². The van der Waals surface area contributed by atoms with Gasteiger partial charge in [-0.05, 0) is 30.2 Å². The monoisotopic (exact) mass is 282 g/mol. The molecule has 0 saturated carbocycles. The van der Waals surface area contributed by atoms with Crippen LogP contribution in [0.5, 0.6) is 0 Å². The second-order valence-electron chi connectivity index (χ2n) is 5.85. The molecule has 2 atom stereocenters. The number of nitrogens with one attached hydrogen (secondary N) is 1. The lowest BCUT2D eigenvalue weighted by molar-refractivity contribution is 0.0572. The Morgan fingerprint density at radius 3 is 2.50 bits per heavy atom. The fourth-order valence-electron chi connectivity index (χ4n) is 2.39. The zero-order valence-electron chi connectivity index (χ0n) is 12.0. The summed E-state index contributed by atoms with van der Waals surface area (Å²) in [6, 6.07) is 5.11. The summed E-state index contributed by atoms with van der Waals surface area (Å²) in [5.74, 6) is 0.252. The molecule has 20 heavy (non-hydrogen) atoms. The maximum absolute atomic E-state index is 14.1. The molecule has 112 valence electrons. The van der Waals surface area contributed by atoms with Crippen molar-refractivity contribution < 1.29 is 14.6 Å². The highest BCUT2D eigenvalue weighted by Crippen LogP contribution is 2.24. The molecule has 2 rings (SSSR count). The van der Waals surface area contributed by atoms with Gasteiger partial charge in [-0.2, -0.15) is 0 Å². The summed E-state index contributed by atoms with van der Waals surface area (Å²) < 4.78 is 14.1. The van der Waals surface area contributed by atoms with E-state index in [0.717, 1.165) is 12.1 Å². The zero-order valence-corrected chi connectivity index (χ0v) is 12.0. The van der Waals surface area contributed by atoms with Crippen molar-refractivity contribution in [2.45, 2.75) is 32.6 Å². The van der Waals surface area contributed by atoms with Crippen LogP contribution in [0, 0.1) is 11.7 Å². The normalized spacial score (nSPS) is 22.8. The Labute approximate surface area is 119 Å². The second-order valence-corrected chi connectivity index (χ2v) is 5.85. The van der Waals surface area contributed by atoms with Gasteiger partial charge in [0.1, 0.15) is 5.82 Å². The van der Waals surface area contributed by atoms with Crippen LogP contribution < -0.4 is 10.2 Å². The van der Waals surface area contributed by atoms with Gasteiger partial charge < -0.3 is 20.4 Å². The number of anilines is 1. The van der Waals surface area contributed by atoms with Crippen molar-refractivity contribution in [3.05, 3.63) is 29.6 Å². The minimum Gasteiger partial charge on any atom is -0.389 e. The number of benzene rings is 1. The van der Waals surface area contributed by atoms with Crippen molar-refractivity contribution in [2.75, 3.05) is 24.5 Å². The average molecular weight is 282 g/mol. The lowest BCUT2D eigenvalue weighted by atomic mass is 10.1. The number of hydrogen-bond acceptors (Lipinski definition) is 4. The highest BCUT2D eigenvalue weighted by atomic mass is 19.1. The van der Waals surface area contributed by atoms with Crippen LogP contribution >= 0.6 is 0 Å². The summed E-state index contributed by atoms with van der Waals surface area (Å²) in [6.07, 6.45) is -1.61. The Balaban J connectivity index is 1.99. The van der Waals surface area contributed by atoms with Crippen molar-refractivity contribution in [3.8, 4) is 0 Å². The van der Waals surface area contributed by atoms with Gasteiger partial charge in [0, 0.05) is 19.6 Å². The standard InChI is InChI=1S/C15H23FN2O2/c1-10(2)6-17-7-11-3-4-13(12(16)5-11)18-8-14(19)15(20)9-18/h3-5,10,14-15,17,19-20H,6-9H2,1-2H3. The molecule has 1 heterocycles. The van der Waals surface area contributed by atoms with Gasteiger partial charge in [-0.3, -0.25) is 0 Å². The van der Waals surface area contributed by atoms with Crippen LogP contribution in [0.25, 0.3) is 0 Å². The topological polar surface area (TPSA) is 55.7 Å². The highest BCUT2D eigenvalue weighted by Gasteiger charge is 2.30. The number of rotatable bonds is 5. The molecule has 4 nitrogen and oxygen atoms in total. The molecule has 0 amide bonds. The minimum absolute atomic E-state index is 0.267. The van der Waals surface area contributed by atoms with E-state index >= 15 is 0 Å². The molecule has 5 heteroatoms. The first-order chi connectivity index (χ1) is 9.47. The first-order valence-electron chi connectivity index (χ1n) is 7.07. The Morgan fingerprint density at radius 1 is 1.30 bits per heavy atom. The van der Waals surface area contributed by atoms with Crippen molar-refractivity contribution in [1.29, 1.82) is 0 Å². The third kappa shape index (κ3) is 3.69. The van der Waals surface area contributed by atoms with E-state index in [9.17, 15) is 14.6 Å². The van der Waals surface area contributed by atoms with E-state index in [-0.39, 0.29) is 18.9 Å². The molecule has 0 aromatic heterocycles. The molecule has 0 aliphatic carbocycles. The fraction of sp³-hybridized carbons (Fsp3) is 0.600. The van der Waals surface area contributed by atoms with Crippen LogP contribution in [0.15, 0.2) is 18.2 Å². The summed E-state index contributed by atoms with van der Waals surface area (Å²) in [5, 5.41) is 22.3. The van der Waals surface area contributed by atoms with Gasteiger partial charge in [-0.15, -0.1) is 0 Å². The van der Waals surface area contributed by atoms with Gasteiger partial charge in [-0.25, -0.2) is 4.39 Å². The van der Waals surface area contributed by atoms with Crippen LogP contribution in [0.1, 0.15) is 19.4 Å². The predicted octanol–water partition coefficient (Wildman–Crippen LogP) is 1.11. The summed E-state index contributed by atoms with van der Waals surface area (Å²) in [4.78, 5) is 1.68. The smallest absolute Gasteiger partial charge is 0.146 e. The SMILES string of the molecule is CC(C)CNCc1ccc(N2CC(O)C(O)C2)c(F)c1. The Kier molecular flexibility index (Phi) is 4.96. The third-order valence-corrected chi connectivity index (χ3v) is 3.49. The van der Waals surface area contributed by atoms with Crippen molar-refractivity contribution in [1.82, 2.24) is 5.32 Å². The van der Waals surface area contributed by atoms with E-state index < -0.39 is 12.2 Å². The Morgan fingerprint density at radius 2 is 1.95 bits per heavy atom. The predicted molar refractivity (Wildman–Crippen MR) is 77.2 cm³/mol. The third-order valence-electron chi connectivity index (χ3n) is 3.49. The second kappa shape index (κ2) is 6.52. The quantitative estimate of drug-likeness (QED) is 0.757. The number of hydrogen-bond donors (Lipinski definition) is 3. The molecule has 1 fully saturated rings. The molecular formula is C15H23FN2O2. The molecule has 3 N–H and O–H groups in total. The van der Waals surface area contributed by atoms with Crippen LogP contribution in [0.2, 0.25) is 0 Å². The van der Waals surface area contributed by atoms with E-state index in [1.54, 1.807) is 11.0 Å².